The first kappa shape index (κ1) is 18.9. The van der Waals surface area contributed by atoms with Crippen LogP contribution in [0.25, 0.3) is 0 Å². The lowest BCUT2D eigenvalue weighted by atomic mass is 9.94. The zero-order chi connectivity index (χ0) is 19.4. The van der Waals surface area contributed by atoms with E-state index in [0.717, 1.165) is 10.7 Å². The van der Waals surface area contributed by atoms with E-state index in [1.165, 1.54) is 11.8 Å². The van der Waals surface area contributed by atoms with Crippen molar-refractivity contribution < 1.29 is 19.0 Å². The fourth-order valence-electron chi connectivity index (χ4n) is 2.99. The van der Waals surface area contributed by atoms with Gasteiger partial charge in [-0.05, 0) is 37.0 Å². The Morgan fingerprint density at radius 3 is 2.93 bits per heavy atom. The first-order valence-electron chi connectivity index (χ1n) is 8.43. The molecule has 0 aliphatic carbocycles. The van der Waals surface area contributed by atoms with Gasteiger partial charge in [-0.2, -0.15) is 0 Å². The fourth-order valence-corrected chi connectivity index (χ4v) is 3.78. The van der Waals surface area contributed by atoms with Gasteiger partial charge in [0.05, 0.1) is 31.0 Å². The second-order valence-corrected chi connectivity index (χ2v) is 6.60. The van der Waals surface area contributed by atoms with Crippen molar-refractivity contribution in [2.75, 3.05) is 20.3 Å². The molecule has 0 amide bonds. The smallest absolute Gasteiger partial charge is 0.338 e. The SMILES string of the molecule is C#CCOc1ccc([C@@H]2C(C(=O)OCC)=C(C)N=C3SC=CN32)cc1OC. The number of terminal acetylenes is 1. The largest absolute Gasteiger partial charge is 0.493 e. The zero-order valence-corrected chi connectivity index (χ0v) is 16.2. The molecule has 0 radical (unpaired) electrons. The Balaban J connectivity index is 2.06. The number of allylic oxidation sites excluding steroid dienone is 1. The maximum atomic E-state index is 12.7. The van der Waals surface area contributed by atoms with Crippen LogP contribution >= 0.6 is 11.8 Å². The van der Waals surface area contributed by atoms with Crippen molar-refractivity contribution in [1.29, 1.82) is 0 Å². The van der Waals surface area contributed by atoms with Crippen LogP contribution in [-0.2, 0) is 9.53 Å². The van der Waals surface area contributed by atoms with Crippen LogP contribution in [0.5, 0.6) is 11.5 Å². The van der Waals surface area contributed by atoms with Crippen molar-refractivity contribution in [3.8, 4) is 23.8 Å². The van der Waals surface area contributed by atoms with Gasteiger partial charge >= 0.3 is 5.97 Å². The van der Waals surface area contributed by atoms with E-state index in [1.54, 1.807) is 20.1 Å². The molecule has 27 heavy (non-hydrogen) atoms. The molecule has 0 spiro atoms. The Hall–Kier alpha value is -2.85. The number of fused-ring (bicyclic) bond motifs is 1. The summed E-state index contributed by atoms with van der Waals surface area (Å²) in [7, 11) is 1.56. The summed E-state index contributed by atoms with van der Waals surface area (Å²) in [5, 5.41) is 2.76. The molecule has 0 saturated carbocycles. The average Bonchev–Trinajstić information content (AvgIpc) is 3.13. The fraction of sp³-hybridized carbons (Fsp3) is 0.300. The molecule has 0 N–H and O–H groups in total. The number of ether oxygens (including phenoxy) is 3. The minimum absolute atomic E-state index is 0.147. The number of nitrogens with zero attached hydrogens (tertiary/aromatic N) is 2. The molecule has 6 nitrogen and oxygen atoms in total. The minimum atomic E-state index is -0.375. The summed E-state index contributed by atoms with van der Waals surface area (Å²) in [5.41, 5.74) is 2.02. The number of hydrogen-bond donors (Lipinski definition) is 0. The molecule has 2 aliphatic rings. The molecule has 0 fully saturated rings. The second-order valence-electron chi connectivity index (χ2n) is 5.73. The van der Waals surface area contributed by atoms with Crippen molar-refractivity contribution in [3.05, 3.63) is 46.6 Å². The Labute approximate surface area is 162 Å². The molecule has 0 unspecified atom stereocenters. The molecule has 140 valence electrons. The number of aliphatic imine (C=N–C) groups is 1. The number of thioether (sulfide) groups is 1. The zero-order valence-electron chi connectivity index (χ0n) is 15.4. The van der Waals surface area contributed by atoms with E-state index in [2.05, 4.69) is 10.9 Å². The van der Waals surface area contributed by atoms with Crippen LogP contribution in [0, 0.1) is 12.3 Å². The van der Waals surface area contributed by atoms with Gasteiger partial charge in [-0.25, -0.2) is 9.79 Å². The normalized spacial score (nSPS) is 17.9. The summed E-state index contributed by atoms with van der Waals surface area (Å²) in [4.78, 5) is 19.2. The van der Waals surface area contributed by atoms with Gasteiger partial charge in [0.1, 0.15) is 6.61 Å². The number of methoxy groups -OCH3 is 1. The van der Waals surface area contributed by atoms with Crippen LogP contribution in [0.2, 0.25) is 0 Å². The summed E-state index contributed by atoms with van der Waals surface area (Å²) in [5.74, 6) is 3.15. The molecular weight excluding hydrogens is 364 g/mol. The van der Waals surface area contributed by atoms with Crippen molar-refractivity contribution >= 4 is 22.9 Å². The van der Waals surface area contributed by atoms with E-state index in [1.807, 2.05) is 35.6 Å². The second kappa shape index (κ2) is 8.23. The van der Waals surface area contributed by atoms with Gasteiger partial charge in [-0.3, -0.25) is 0 Å². The highest BCUT2D eigenvalue weighted by Gasteiger charge is 2.37. The molecule has 3 rings (SSSR count). The third-order valence-corrected chi connectivity index (χ3v) is 4.90. The standard InChI is InChI=1S/C20H20N2O4S/c1-5-10-26-15-8-7-14(12-16(15)24-4)18-17(19(23)25-6-2)13(3)21-20-22(18)9-11-27-20/h1,7-9,11-12,18H,6,10H2,2-4H3/t18-/m1/s1. The third-order valence-electron chi connectivity index (χ3n) is 4.13. The van der Waals surface area contributed by atoms with Gasteiger partial charge in [-0.1, -0.05) is 23.7 Å². The average molecular weight is 384 g/mol. The summed E-state index contributed by atoms with van der Waals surface area (Å²) in [6, 6.07) is 5.18. The van der Waals surface area contributed by atoms with E-state index < -0.39 is 0 Å². The van der Waals surface area contributed by atoms with E-state index in [4.69, 9.17) is 20.6 Å². The van der Waals surface area contributed by atoms with Gasteiger partial charge in [0.25, 0.3) is 0 Å². The summed E-state index contributed by atoms with van der Waals surface area (Å²) < 4.78 is 16.3. The van der Waals surface area contributed by atoms with Crippen molar-refractivity contribution in [1.82, 2.24) is 4.90 Å². The number of benzene rings is 1. The van der Waals surface area contributed by atoms with Crippen LogP contribution in [0.4, 0.5) is 0 Å². The highest BCUT2D eigenvalue weighted by Crippen LogP contribution is 2.43. The summed E-state index contributed by atoms with van der Waals surface area (Å²) in [6.07, 6.45) is 7.18. The molecule has 2 heterocycles. The Morgan fingerprint density at radius 2 is 2.22 bits per heavy atom. The highest BCUT2D eigenvalue weighted by atomic mass is 32.2. The lowest BCUT2D eigenvalue weighted by Gasteiger charge is -2.33. The maximum absolute atomic E-state index is 12.7. The van der Waals surface area contributed by atoms with Crippen molar-refractivity contribution in [2.45, 2.75) is 19.9 Å². The quantitative estimate of drug-likeness (QED) is 0.553. The summed E-state index contributed by atoms with van der Waals surface area (Å²) in [6.45, 7) is 4.05. The molecule has 0 aromatic heterocycles. The monoisotopic (exact) mass is 384 g/mol. The lowest BCUT2D eigenvalue weighted by Crippen LogP contribution is -2.34. The Kier molecular flexibility index (Phi) is 5.77. The molecule has 1 aromatic rings. The van der Waals surface area contributed by atoms with Gasteiger partial charge in [-0.15, -0.1) is 6.42 Å². The number of amidine groups is 1. The Bertz CT molecular complexity index is 882. The lowest BCUT2D eigenvalue weighted by molar-refractivity contribution is -0.139. The van der Waals surface area contributed by atoms with E-state index in [-0.39, 0.29) is 18.6 Å². The topological polar surface area (TPSA) is 60.4 Å². The minimum Gasteiger partial charge on any atom is -0.493 e. The molecule has 0 bridgehead atoms. The number of esters is 1. The third kappa shape index (κ3) is 3.67. The molecule has 1 aromatic carbocycles. The van der Waals surface area contributed by atoms with Crippen LogP contribution < -0.4 is 9.47 Å². The summed E-state index contributed by atoms with van der Waals surface area (Å²) >= 11 is 1.51. The van der Waals surface area contributed by atoms with Gasteiger partial charge < -0.3 is 19.1 Å². The maximum Gasteiger partial charge on any atom is 0.338 e. The van der Waals surface area contributed by atoms with Crippen molar-refractivity contribution in [2.24, 2.45) is 4.99 Å². The number of hydrogen-bond acceptors (Lipinski definition) is 7. The van der Waals surface area contributed by atoms with E-state index in [9.17, 15) is 4.79 Å². The molecule has 1 atom stereocenters. The van der Waals surface area contributed by atoms with Crippen LogP contribution in [-0.4, -0.2) is 36.4 Å². The van der Waals surface area contributed by atoms with E-state index in [0.29, 0.717) is 29.4 Å². The predicted octanol–water partition coefficient (Wildman–Crippen LogP) is 3.48. The first-order chi connectivity index (χ1) is 13.1. The van der Waals surface area contributed by atoms with Crippen LogP contribution in [0.15, 0.2) is 46.1 Å². The van der Waals surface area contributed by atoms with Gasteiger partial charge in [0.15, 0.2) is 16.7 Å². The van der Waals surface area contributed by atoms with Crippen molar-refractivity contribution in [3.63, 3.8) is 0 Å². The van der Waals surface area contributed by atoms with E-state index >= 15 is 0 Å². The highest BCUT2D eigenvalue weighted by molar-refractivity contribution is 8.16. The number of carbonyl (C=O) groups excluding carboxylic acids is 1. The number of carbonyl (C=O) groups is 1. The molecular formula is C20H20N2O4S. The van der Waals surface area contributed by atoms with Gasteiger partial charge in [0.2, 0.25) is 0 Å². The van der Waals surface area contributed by atoms with Gasteiger partial charge in [0, 0.05) is 6.20 Å². The predicted molar refractivity (Wildman–Crippen MR) is 105 cm³/mol. The van der Waals surface area contributed by atoms with Crippen LogP contribution in [0.3, 0.4) is 0 Å². The molecule has 0 saturated heterocycles. The number of rotatable bonds is 6. The molecule has 7 heteroatoms. The first-order valence-corrected chi connectivity index (χ1v) is 9.31. The van der Waals surface area contributed by atoms with Crippen LogP contribution in [0.1, 0.15) is 25.5 Å². The molecule has 2 aliphatic heterocycles. The Morgan fingerprint density at radius 1 is 1.41 bits per heavy atom.